The van der Waals surface area contributed by atoms with E-state index in [1.807, 2.05) is 12.4 Å². The van der Waals surface area contributed by atoms with Crippen LogP contribution in [0.4, 0.5) is 0 Å². The molecule has 110 valence electrons. The third-order valence-corrected chi connectivity index (χ3v) is 4.88. The minimum atomic E-state index is 0.827. The van der Waals surface area contributed by atoms with Gasteiger partial charge in [-0.1, -0.05) is 24.3 Å². The van der Waals surface area contributed by atoms with Gasteiger partial charge in [-0.05, 0) is 49.2 Å². The van der Waals surface area contributed by atoms with Crippen molar-refractivity contribution in [2.45, 2.75) is 31.8 Å². The molecule has 4 rings (SSSR count). The number of aromatic nitrogens is 1. The van der Waals surface area contributed by atoms with Crippen molar-refractivity contribution in [1.82, 2.24) is 15.2 Å². The van der Waals surface area contributed by atoms with Gasteiger partial charge in [-0.2, -0.15) is 0 Å². The van der Waals surface area contributed by atoms with Gasteiger partial charge in [0.2, 0.25) is 0 Å². The summed E-state index contributed by atoms with van der Waals surface area (Å²) in [6.07, 6.45) is 8.17. The zero-order valence-electron chi connectivity index (χ0n) is 12.5. The number of benzene rings is 1. The molecule has 1 atom stereocenters. The fourth-order valence-corrected chi connectivity index (χ4v) is 3.53. The van der Waals surface area contributed by atoms with Gasteiger partial charge in [-0.15, -0.1) is 0 Å². The molecule has 2 aromatic rings. The van der Waals surface area contributed by atoms with E-state index < -0.39 is 0 Å². The molecule has 1 saturated heterocycles. The molecule has 1 N–H and O–H groups in total. The van der Waals surface area contributed by atoms with E-state index >= 15 is 0 Å². The average Bonchev–Trinajstić information content (AvgIpc) is 3.27. The molecular weight excluding hydrogens is 258 g/mol. The second-order valence-electron chi connectivity index (χ2n) is 6.53. The van der Waals surface area contributed by atoms with Gasteiger partial charge in [0.05, 0.1) is 0 Å². The average molecular weight is 281 g/mol. The van der Waals surface area contributed by atoms with Crippen LogP contribution < -0.4 is 5.32 Å². The number of rotatable bonds is 5. The summed E-state index contributed by atoms with van der Waals surface area (Å²) in [5, 5.41) is 6.21. The Morgan fingerprint density at radius 2 is 2.05 bits per heavy atom. The van der Waals surface area contributed by atoms with E-state index in [0.29, 0.717) is 0 Å². The molecule has 0 amide bonds. The van der Waals surface area contributed by atoms with Crippen molar-refractivity contribution in [2.75, 3.05) is 19.6 Å². The number of nitrogens with one attached hydrogen (secondary N) is 1. The number of likely N-dealkylation sites (tertiary alicyclic amines) is 1. The van der Waals surface area contributed by atoms with E-state index in [1.165, 1.54) is 48.7 Å². The van der Waals surface area contributed by atoms with E-state index in [2.05, 4.69) is 39.5 Å². The summed E-state index contributed by atoms with van der Waals surface area (Å²) in [6, 6.07) is 9.44. The summed E-state index contributed by atoms with van der Waals surface area (Å²) in [4.78, 5) is 7.04. The van der Waals surface area contributed by atoms with Gasteiger partial charge in [0.15, 0.2) is 0 Å². The molecule has 1 aliphatic carbocycles. The molecule has 1 aliphatic heterocycles. The fourth-order valence-electron chi connectivity index (χ4n) is 3.53. The molecule has 0 spiro atoms. The summed E-state index contributed by atoms with van der Waals surface area (Å²) in [6.45, 7) is 4.67. The zero-order valence-corrected chi connectivity index (χ0v) is 12.5. The monoisotopic (exact) mass is 281 g/mol. The summed E-state index contributed by atoms with van der Waals surface area (Å²) in [5.41, 5.74) is 1.31. The number of pyridine rings is 1. The minimum Gasteiger partial charge on any atom is -0.312 e. The lowest BCUT2D eigenvalue weighted by Crippen LogP contribution is -2.27. The third-order valence-electron chi connectivity index (χ3n) is 4.88. The highest BCUT2D eigenvalue weighted by Crippen LogP contribution is 2.31. The first-order valence-electron chi connectivity index (χ1n) is 8.16. The molecule has 0 bridgehead atoms. The molecule has 21 heavy (non-hydrogen) atoms. The van der Waals surface area contributed by atoms with Crippen molar-refractivity contribution in [3.05, 3.63) is 42.2 Å². The molecule has 2 aliphatic rings. The molecule has 1 unspecified atom stereocenters. The minimum absolute atomic E-state index is 0.827. The SMILES string of the molecule is c1ccc2c(CNCC3CCN(C4CC4)C3)cncc2c1. The first kappa shape index (κ1) is 13.2. The maximum atomic E-state index is 4.36. The van der Waals surface area contributed by atoms with E-state index in [-0.39, 0.29) is 0 Å². The lowest BCUT2D eigenvalue weighted by molar-refractivity contribution is 0.312. The van der Waals surface area contributed by atoms with Gasteiger partial charge < -0.3 is 10.2 Å². The number of hydrogen-bond donors (Lipinski definition) is 1. The van der Waals surface area contributed by atoms with Crippen LogP contribution in [0.2, 0.25) is 0 Å². The molecule has 1 aromatic carbocycles. The Hall–Kier alpha value is -1.45. The molecule has 2 heterocycles. The summed E-state index contributed by atoms with van der Waals surface area (Å²) in [7, 11) is 0. The Bertz CT molecular complexity index is 615. The molecule has 2 fully saturated rings. The van der Waals surface area contributed by atoms with Crippen LogP contribution in [0.15, 0.2) is 36.7 Å². The van der Waals surface area contributed by atoms with E-state index in [0.717, 1.165) is 25.0 Å². The lowest BCUT2D eigenvalue weighted by atomic mass is 10.1. The normalized spacial score (nSPS) is 23.0. The van der Waals surface area contributed by atoms with Crippen LogP contribution in [0.25, 0.3) is 10.8 Å². The Labute approximate surface area is 126 Å². The van der Waals surface area contributed by atoms with Crippen LogP contribution in [-0.2, 0) is 6.54 Å². The Morgan fingerprint density at radius 1 is 1.14 bits per heavy atom. The van der Waals surface area contributed by atoms with Crippen molar-refractivity contribution < 1.29 is 0 Å². The van der Waals surface area contributed by atoms with Crippen molar-refractivity contribution in [1.29, 1.82) is 0 Å². The number of hydrogen-bond acceptors (Lipinski definition) is 3. The van der Waals surface area contributed by atoms with Gasteiger partial charge in [0.1, 0.15) is 0 Å². The Kier molecular flexibility index (Phi) is 3.62. The summed E-state index contributed by atoms with van der Waals surface area (Å²) in [5.74, 6) is 0.827. The molecular formula is C18H23N3. The third kappa shape index (κ3) is 2.94. The van der Waals surface area contributed by atoms with E-state index in [9.17, 15) is 0 Å². The second-order valence-corrected chi connectivity index (χ2v) is 6.53. The van der Waals surface area contributed by atoms with Crippen molar-refractivity contribution in [3.8, 4) is 0 Å². The lowest BCUT2D eigenvalue weighted by Gasteiger charge is -2.15. The smallest absolute Gasteiger partial charge is 0.0346 e. The van der Waals surface area contributed by atoms with Crippen molar-refractivity contribution in [2.24, 2.45) is 5.92 Å². The topological polar surface area (TPSA) is 28.2 Å². The molecule has 3 heteroatoms. The van der Waals surface area contributed by atoms with Crippen LogP contribution in [0.1, 0.15) is 24.8 Å². The largest absolute Gasteiger partial charge is 0.312 e. The molecule has 3 nitrogen and oxygen atoms in total. The van der Waals surface area contributed by atoms with Gasteiger partial charge >= 0.3 is 0 Å². The summed E-state index contributed by atoms with van der Waals surface area (Å²) < 4.78 is 0. The predicted molar refractivity (Wildman–Crippen MR) is 86.2 cm³/mol. The van der Waals surface area contributed by atoms with Gasteiger partial charge in [0, 0.05) is 36.9 Å². The van der Waals surface area contributed by atoms with Gasteiger partial charge in [-0.3, -0.25) is 4.98 Å². The van der Waals surface area contributed by atoms with Gasteiger partial charge in [-0.25, -0.2) is 0 Å². The first-order valence-corrected chi connectivity index (χ1v) is 8.16. The molecule has 1 saturated carbocycles. The maximum absolute atomic E-state index is 4.36. The quantitative estimate of drug-likeness (QED) is 0.913. The first-order chi connectivity index (χ1) is 10.4. The Balaban J connectivity index is 1.34. The van der Waals surface area contributed by atoms with Gasteiger partial charge in [0.25, 0.3) is 0 Å². The van der Waals surface area contributed by atoms with Crippen molar-refractivity contribution in [3.63, 3.8) is 0 Å². The Morgan fingerprint density at radius 3 is 2.95 bits per heavy atom. The highest BCUT2D eigenvalue weighted by atomic mass is 15.2. The van der Waals surface area contributed by atoms with Crippen molar-refractivity contribution >= 4 is 10.8 Å². The highest BCUT2D eigenvalue weighted by molar-refractivity contribution is 5.84. The van der Waals surface area contributed by atoms with Crippen LogP contribution in [0.3, 0.4) is 0 Å². The second kappa shape index (κ2) is 5.74. The van der Waals surface area contributed by atoms with Crippen LogP contribution in [-0.4, -0.2) is 35.6 Å². The zero-order chi connectivity index (χ0) is 14.1. The predicted octanol–water partition coefficient (Wildman–Crippen LogP) is 2.81. The van der Waals surface area contributed by atoms with Crippen LogP contribution >= 0.6 is 0 Å². The molecule has 0 radical (unpaired) electrons. The van der Waals surface area contributed by atoms with Crippen LogP contribution in [0.5, 0.6) is 0 Å². The fraction of sp³-hybridized carbons (Fsp3) is 0.500. The van der Waals surface area contributed by atoms with E-state index in [4.69, 9.17) is 0 Å². The standard InChI is InChI=1S/C18H23N3/c1-2-4-18-15(3-1)10-20-12-16(18)11-19-9-14-7-8-21(13-14)17-5-6-17/h1-4,10,12,14,17,19H,5-9,11,13H2. The maximum Gasteiger partial charge on any atom is 0.0346 e. The molecule has 1 aromatic heterocycles. The summed E-state index contributed by atoms with van der Waals surface area (Å²) >= 11 is 0. The van der Waals surface area contributed by atoms with Crippen LogP contribution in [0, 0.1) is 5.92 Å². The number of fused-ring (bicyclic) bond motifs is 1. The highest BCUT2D eigenvalue weighted by Gasteiger charge is 2.33. The van der Waals surface area contributed by atoms with E-state index in [1.54, 1.807) is 0 Å². The number of nitrogens with zero attached hydrogens (tertiary/aromatic N) is 2.